The highest BCUT2D eigenvalue weighted by molar-refractivity contribution is 5.64. The molecular formula is C28H13NO7. The Hall–Kier alpha value is -5.71. The van der Waals surface area contributed by atoms with Crippen LogP contribution in [0.3, 0.4) is 0 Å². The molecule has 0 radical (unpaired) electrons. The fourth-order valence-electron chi connectivity index (χ4n) is 2.07. The summed E-state index contributed by atoms with van der Waals surface area (Å²) < 4.78 is 20.6. The topological polar surface area (TPSA) is 97.1 Å². The number of hydrogen-bond acceptors (Lipinski definition) is 7. The number of carbonyl (C=O) groups is 1. The summed E-state index contributed by atoms with van der Waals surface area (Å²) in [5.41, 5.74) is -0.127. The van der Waals surface area contributed by atoms with E-state index in [0.29, 0.717) is 0 Å². The van der Waals surface area contributed by atoms with Gasteiger partial charge in [-0.1, -0.05) is 5.92 Å². The van der Waals surface area contributed by atoms with Gasteiger partial charge in [-0.15, -0.1) is 0 Å². The molecule has 1 aliphatic heterocycles. The van der Waals surface area contributed by atoms with Crippen LogP contribution in [0.1, 0.15) is 6.92 Å². The second-order valence-corrected chi connectivity index (χ2v) is 5.98. The summed E-state index contributed by atoms with van der Waals surface area (Å²) >= 11 is 0. The first-order valence-corrected chi connectivity index (χ1v) is 9.87. The number of carbonyl (C=O) groups excluding carboxylic acids is 1. The molecule has 0 amide bonds. The molecule has 0 aromatic heterocycles. The summed E-state index contributed by atoms with van der Waals surface area (Å²) in [6.07, 6.45) is -2.36. The Kier molecular flexibility index (Phi) is 11.8. The number of nitro benzene ring substituents is 1. The van der Waals surface area contributed by atoms with Crippen LogP contribution in [0.25, 0.3) is 0 Å². The Morgan fingerprint density at radius 1 is 0.917 bits per heavy atom. The molecule has 2 atom stereocenters. The van der Waals surface area contributed by atoms with Crippen molar-refractivity contribution in [3.05, 3.63) is 34.4 Å². The van der Waals surface area contributed by atoms with Crippen LogP contribution in [0.15, 0.2) is 24.3 Å². The lowest BCUT2D eigenvalue weighted by atomic mass is 10.3. The first-order valence-electron chi connectivity index (χ1n) is 9.87. The quantitative estimate of drug-likeness (QED) is 0.216. The van der Waals surface area contributed by atoms with E-state index in [1.807, 2.05) is 0 Å². The number of nitro groups is 1. The molecule has 1 saturated heterocycles. The van der Waals surface area contributed by atoms with Crippen LogP contribution < -0.4 is 4.74 Å². The van der Waals surface area contributed by atoms with Crippen LogP contribution in [0.4, 0.5) is 10.5 Å². The van der Waals surface area contributed by atoms with E-state index in [9.17, 15) is 14.9 Å². The number of ether oxygens (including phenoxy) is 4. The average molecular weight is 475 g/mol. The Balaban J connectivity index is 1.69. The monoisotopic (exact) mass is 475 g/mol. The minimum Gasteiger partial charge on any atom is -0.431 e. The zero-order chi connectivity index (χ0) is 25.8. The van der Waals surface area contributed by atoms with Crippen LogP contribution in [-0.4, -0.2) is 36.7 Å². The van der Waals surface area contributed by atoms with Crippen LogP contribution in [0.5, 0.6) is 5.75 Å². The van der Waals surface area contributed by atoms with E-state index in [0.717, 1.165) is 0 Å². The first kappa shape index (κ1) is 26.5. The third kappa shape index (κ3) is 11.2. The van der Waals surface area contributed by atoms with Gasteiger partial charge < -0.3 is 18.9 Å². The second kappa shape index (κ2) is 16.0. The maximum atomic E-state index is 11.7. The Morgan fingerprint density at radius 2 is 1.44 bits per heavy atom. The maximum Gasteiger partial charge on any atom is 0.513 e. The van der Waals surface area contributed by atoms with Gasteiger partial charge in [0.15, 0.2) is 0 Å². The molecule has 2 rings (SSSR count). The van der Waals surface area contributed by atoms with Crippen molar-refractivity contribution >= 4 is 11.8 Å². The van der Waals surface area contributed by atoms with Crippen LogP contribution in [0.2, 0.25) is 0 Å². The fourth-order valence-corrected chi connectivity index (χ4v) is 2.07. The van der Waals surface area contributed by atoms with Crippen molar-refractivity contribution in [2.45, 2.75) is 19.3 Å². The van der Waals surface area contributed by atoms with Gasteiger partial charge in [-0.2, -0.15) is 0 Å². The minimum absolute atomic E-state index is 0.104. The van der Waals surface area contributed by atoms with Gasteiger partial charge in [0, 0.05) is 12.1 Å². The lowest BCUT2D eigenvalue weighted by Crippen LogP contribution is -2.23. The van der Waals surface area contributed by atoms with Gasteiger partial charge >= 0.3 is 6.16 Å². The number of hydrogen-bond donors (Lipinski definition) is 0. The molecule has 0 bridgehead atoms. The number of non-ortho nitro benzene ring substituents is 1. The molecule has 172 valence electrons. The van der Waals surface area contributed by atoms with E-state index in [1.165, 1.54) is 24.3 Å². The third-order valence-electron chi connectivity index (χ3n) is 3.51. The SMILES string of the molecule is CC#CC#CC#CC#CC#CC#CC#CC#C[C@@H]1OC[C@@H](COC(=O)Oc2ccc([N+](=O)[O-])cc2)O1. The van der Waals surface area contributed by atoms with Crippen molar-refractivity contribution in [3.63, 3.8) is 0 Å². The smallest absolute Gasteiger partial charge is 0.431 e. The second-order valence-electron chi connectivity index (χ2n) is 5.98. The molecule has 8 heteroatoms. The van der Waals surface area contributed by atoms with Crippen molar-refractivity contribution in [2.75, 3.05) is 13.2 Å². The summed E-state index contributed by atoms with van der Waals surface area (Å²) in [5, 5.41) is 10.6. The van der Waals surface area contributed by atoms with E-state index in [-0.39, 0.29) is 24.7 Å². The average Bonchev–Trinajstić information content (AvgIpc) is 3.33. The zero-order valence-electron chi connectivity index (χ0n) is 18.7. The van der Waals surface area contributed by atoms with Gasteiger partial charge in [0.05, 0.1) is 11.5 Å². The van der Waals surface area contributed by atoms with Crippen molar-refractivity contribution in [1.82, 2.24) is 0 Å². The lowest BCUT2D eigenvalue weighted by molar-refractivity contribution is -0.384. The van der Waals surface area contributed by atoms with Gasteiger partial charge in [-0.25, -0.2) is 4.79 Å². The Labute approximate surface area is 208 Å². The fraction of sp³-hybridized carbons (Fsp3) is 0.179. The Bertz CT molecular complexity index is 1500. The molecule has 0 N–H and O–H groups in total. The lowest BCUT2D eigenvalue weighted by Gasteiger charge is -2.09. The van der Waals surface area contributed by atoms with Crippen molar-refractivity contribution in [3.8, 4) is 100 Å². The zero-order valence-corrected chi connectivity index (χ0v) is 18.7. The van der Waals surface area contributed by atoms with E-state index >= 15 is 0 Å². The molecule has 1 heterocycles. The molecule has 1 aliphatic rings. The van der Waals surface area contributed by atoms with Gasteiger partial charge in [0.1, 0.15) is 18.5 Å². The molecule has 1 aromatic rings. The van der Waals surface area contributed by atoms with Gasteiger partial charge in [0.2, 0.25) is 6.29 Å². The van der Waals surface area contributed by atoms with Crippen molar-refractivity contribution < 1.29 is 28.7 Å². The third-order valence-corrected chi connectivity index (χ3v) is 3.51. The molecule has 0 saturated carbocycles. The van der Waals surface area contributed by atoms with Gasteiger partial charge in [-0.05, 0) is 108 Å². The molecule has 36 heavy (non-hydrogen) atoms. The van der Waals surface area contributed by atoms with Crippen molar-refractivity contribution in [2.24, 2.45) is 0 Å². The van der Waals surface area contributed by atoms with E-state index in [4.69, 9.17) is 18.9 Å². The van der Waals surface area contributed by atoms with Crippen molar-refractivity contribution in [1.29, 1.82) is 0 Å². The van der Waals surface area contributed by atoms with Crippen LogP contribution in [-0.2, 0) is 14.2 Å². The summed E-state index contributed by atoms with van der Waals surface area (Å²) in [5.74, 6) is 40.4. The maximum absolute atomic E-state index is 11.7. The number of benzene rings is 1. The summed E-state index contributed by atoms with van der Waals surface area (Å²) in [6, 6.07) is 4.98. The highest BCUT2D eigenvalue weighted by Gasteiger charge is 2.26. The van der Waals surface area contributed by atoms with Gasteiger partial charge in [-0.3, -0.25) is 10.1 Å². The summed E-state index contributed by atoms with van der Waals surface area (Å²) in [7, 11) is 0. The Morgan fingerprint density at radius 3 is 1.97 bits per heavy atom. The highest BCUT2D eigenvalue weighted by atomic mass is 16.8. The molecule has 1 fully saturated rings. The number of rotatable bonds is 4. The first-order chi connectivity index (χ1) is 17.6. The molecule has 8 nitrogen and oxygen atoms in total. The highest BCUT2D eigenvalue weighted by Crippen LogP contribution is 2.18. The van der Waals surface area contributed by atoms with E-state index in [1.54, 1.807) is 6.92 Å². The molecule has 1 aromatic carbocycles. The predicted molar refractivity (Wildman–Crippen MR) is 128 cm³/mol. The standard InChI is InChI=1S/C28H13NO7/c1-2-3-4-5-6-7-8-9-10-11-12-13-14-15-16-17-27-33-22-26(35-27)23-34-28(30)36-25-20-18-24(19-21-25)29(31)32/h18-21,26-27H,22-23H2,1H3/t26-,27+/m0/s1. The van der Waals surface area contributed by atoms with E-state index < -0.39 is 23.5 Å². The largest absolute Gasteiger partial charge is 0.513 e. The normalized spacial score (nSPS) is 13.7. The predicted octanol–water partition coefficient (Wildman–Crippen LogP) is 1.90. The molecule has 0 spiro atoms. The number of nitrogens with zero attached hydrogens (tertiary/aromatic N) is 1. The molecular weight excluding hydrogens is 462 g/mol. The van der Waals surface area contributed by atoms with Crippen LogP contribution >= 0.6 is 0 Å². The van der Waals surface area contributed by atoms with Gasteiger partial charge in [0.25, 0.3) is 5.69 Å². The summed E-state index contributed by atoms with van der Waals surface area (Å²) in [6.45, 7) is 1.70. The molecule has 0 aliphatic carbocycles. The molecule has 0 unspecified atom stereocenters. The minimum atomic E-state index is -0.986. The summed E-state index contributed by atoms with van der Waals surface area (Å²) in [4.78, 5) is 21.8. The van der Waals surface area contributed by atoms with Crippen LogP contribution in [0, 0.1) is 105 Å². The van der Waals surface area contributed by atoms with E-state index in [2.05, 4.69) is 94.7 Å².